The van der Waals surface area contributed by atoms with Gasteiger partial charge in [0.05, 0.1) is 0 Å². The third-order valence-corrected chi connectivity index (χ3v) is 2.81. The van der Waals surface area contributed by atoms with E-state index in [0.717, 1.165) is 12.1 Å². The van der Waals surface area contributed by atoms with Crippen LogP contribution in [-0.4, -0.2) is 0 Å². The van der Waals surface area contributed by atoms with Crippen molar-refractivity contribution < 1.29 is 8.78 Å². The summed E-state index contributed by atoms with van der Waals surface area (Å²) in [5.74, 6) is -1.70. The van der Waals surface area contributed by atoms with Crippen molar-refractivity contribution in [2.45, 2.75) is 0 Å². The third-order valence-electron chi connectivity index (χ3n) is 0.963. The van der Waals surface area contributed by atoms with Gasteiger partial charge in [-0.25, -0.2) is 8.78 Å². The van der Waals surface area contributed by atoms with E-state index in [1.54, 1.807) is 0 Å². The molecular formula is C6H2Br2F2. The van der Waals surface area contributed by atoms with Crippen LogP contribution in [-0.2, 0) is 0 Å². The van der Waals surface area contributed by atoms with Crippen molar-refractivity contribution in [1.82, 2.24) is 0 Å². The Balaban J connectivity index is 3.28. The maximum atomic E-state index is 12.3. The van der Waals surface area contributed by atoms with E-state index in [1.807, 2.05) is 0 Å². The molecular weight excluding hydrogens is 270 g/mol. The minimum atomic E-state index is -0.852. The van der Waals surface area contributed by atoms with Gasteiger partial charge < -0.3 is 0 Å². The minimum Gasteiger partial charge on any atom is -0.204 e. The Morgan fingerprint density at radius 3 is 1.50 bits per heavy atom. The molecule has 1 aromatic rings. The van der Waals surface area contributed by atoms with Gasteiger partial charge in [-0.2, -0.15) is 0 Å². The molecule has 4 heteroatoms. The van der Waals surface area contributed by atoms with E-state index in [-0.39, 0.29) is 0 Å². The molecule has 0 spiro atoms. The first-order valence-corrected chi connectivity index (χ1v) is 4.00. The van der Waals surface area contributed by atoms with Crippen LogP contribution in [0.3, 0.4) is 0 Å². The SMILES string of the molecule is Fc1cc(Br)c(Br)cc1F. The van der Waals surface area contributed by atoms with Crippen LogP contribution in [0.2, 0.25) is 0 Å². The second-order valence-electron chi connectivity index (χ2n) is 1.68. The van der Waals surface area contributed by atoms with E-state index in [4.69, 9.17) is 0 Å². The molecule has 0 aliphatic carbocycles. The number of halogens is 4. The Morgan fingerprint density at radius 1 is 0.900 bits per heavy atom. The molecule has 0 fully saturated rings. The average molecular weight is 272 g/mol. The minimum absolute atomic E-state index is 0.506. The van der Waals surface area contributed by atoms with Crippen LogP contribution in [0.1, 0.15) is 0 Å². The number of benzene rings is 1. The molecule has 54 valence electrons. The van der Waals surface area contributed by atoms with Crippen molar-refractivity contribution in [2.75, 3.05) is 0 Å². The molecule has 0 saturated heterocycles. The van der Waals surface area contributed by atoms with Crippen LogP contribution in [0.4, 0.5) is 8.78 Å². The molecule has 1 rings (SSSR count). The van der Waals surface area contributed by atoms with Crippen molar-refractivity contribution >= 4 is 31.9 Å². The van der Waals surface area contributed by atoms with Crippen LogP contribution >= 0.6 is 31.9 Å². The average Bonchev–Trinajstić information content (AvgIpc) is 1.84. The fraction of sp³-hybridized carbons (Fsp3) is 0. The summed E-state index contributed by atoms with van der Waals surface area (Å²) >= 11 is 6.05. The van der Waals surface area contributed by atoms with E-state index in [1.165, 1.54) is 0 Å². The van der Waals surface area contributed by atoms with Crippen molar-refractivity contribution in [3.63, 3.8) is 0 Å². The molecule has 0 unspecified atom stereocenters. The Bertz CT molecular complexity index is 210. The van der Waals surface area contributed by atoms with Crippen LogP contribution in [0.25, 0.3) is 0 Å². The summed E-state index contributed by atoms with van der Waals surface area (Å²) in [6.07, 6.45) is 0. The van der Waals surface area contributed by atoms with Crippen molar-refractivity contribution in [2.24, 2.45) is 0 Å². The lowest BCUT2D eigenvalue weighted by atomic mass is 10.3. The lowest BCUT2D eigenvalue weighted by Gasteiger charge is -1.95. The zero-order valence-corrected chi connectivity index (χ0v) is 7.84. The molecule has 10 heavy (non-hydrogen) atoms. The summed E-state index contributed by atoms with van der Waals surface area (Å²) in [4.78, 5) is 0. The summed E-state index contributed by atoms with van der Waals surface area (Å²) in [5.41, 5.74) is 0. The Morgan fingerprint density at radius 2 is 1.20 bits per heavy atom. The topological polar surface area (TPSA) is 0 Å². The van der Waals surface area contributed by atoms with Gasteiger partial charge in [0.2, 0.25) is 0 Å². The second-order valence-corrected chi connectivity index (χ2v) is 3.39. The molecule has 0 aliphatic rings. The largest absolute Gasteiger partial charge is 0.204 e. The first kappa shape index (κ1) is 8.14. The lowest BCUT2D eigenvalue weighted by Crippen LogP contribution is -1.82. The molecule has 0 nitrogen and oxygen atoms in total. The van der Waals surface area contributed by atoms with Gasteiger partial charge in [0.1, 0.15) is 0 Å². The summed E-state index contributed by atoms with van der Waals surface area (Å²) in [7, 11) is 0. The first-order chi connectivity index (χ1) is 4.61. The highest BCUT2D eigenvalue weighted by molar-refractivity contribution is 9.13. The highest BCUT2D eigenvalue weighted by Crippen LogP contribution is 2.24. The van der Waals surface area contributed by atoms with Gasteiger partial charge in [0, 0.05) is 8.95 Å². The van der Waals surface area contributed by atoms with Gasteiger partial charge in [-0.05, 0) is 44.0 Å². The Labute approximate surface area is 73.5 Å². The molecule has 0 radical (unpaired) electrons. The zero-order chi connectivity index (χ0) is 7.72. The molecule has 0 N–H and O–H groups in total. The number of hydrogen-bond donors (Lipinski definition) is 0. The Hall–Kier alpha value is 0.0400. The second kappa shape index (κ2) is 2.96. The normalized spacial score (nSPS) is 10.0. The van der Waals surface area contributed by atoms with Gasteiger partial charge in [-0.15, -0.1) is 0 Å². The lowest BCUT2D eigenvalue weighted by molar-refractivity contribution is 0.507. The van der Waals surface area contributed by atoms with E-state index in [2.05, 4.69) is 31.9 Å². The molecule has 0 amide bonds. The fourth-order valence-corrected chi connectivity index (χ4v) is 1.13. The standard InChI is InChI=1S/C6H2Br2F2/c7-3-1-5(9)6(10)2-4(3)8/h1-2H. The molecule has 0 bridgehead atoms. The first-order valence-electron chi connectivity index (χ1n) is 2.41. The van der Waals surface area contributed by atoms with E-state index in [0.29, 0.717) is 8.95 Å². The van der Waals surface area contributed by atoms with Gasteiger partial charge in [0.15, 0.2) is 11.6 Å². The van der Waals surface area contributed by atoms with Crippen LogP contribution < -0.4 is 0 Å². The maximum Gasteiger partial charge on any atom is 0.160 e. The van der Waals surface area contributed by atoms with Crippen LogP contribution in [0.5, 0.6) is 0 Å². The van der Waals surface area contributed by atoms with Crippen LogP contribution in [0, 0.1) is 11.6 Å². The van der Waals surface area contributed by atoms with Crippen molar-refractivity contribution in [1.29, 1.82) is 0 Å². The summed E-state index contributed by atoms with van der Waals surface area (Å²) in [6.45, 7) is 0. The maximum absolute atomic E-state index is 12.3. The number of rotatable bonds is 0. The predicted molar refractivity (Wildman–Crippen MR) is 41.8 cm³/mol. The molecule has 0 heterocycles. The quantitative estimate of drug-likeness (QED) is 0.634. The Kier molecular flexibility index (Phi) is 2.41. The zero-order valence-electron chi connectivity index (χ0n) is 4.67. The fourth-order valence-electron chi connectivity index (χ4n) is 0.498. The van der Waals surface area contributed by atoms with Crippen molar-refractivity contribution in [3.8, 4) is 0 Å². The molecule has 1 aromatic carbocycles. The molecule has 0 saturated carbocycles. The van der Waals surface area contributed by atoms with Crippen molar-refractivity contribution in [3.05, 3.63) is 32.7 Å². The van der Waals surface area contributed by atoms with Gasteiger partial charge in [-0.1, -0.05) is 0 Å². The highest BCUT2D eigenvalue weighted by atomic mass is 79.9. The molecule has 0 atom stereocenters. The summed E-state index contributed by atoms with van der Waals surface area (Å²) < 4.78 is 25.7. The third kappa shape index (κ3) is 1.55. The number of hydrogen-bond acceptors (Lipinski definition) is 0. The van der Waals surface area contributed by atoms with Gasteiger partial charge >= 0.3 is 0 Å². The molecule has 0 aromatic heterocycles. The van der Waals surface area contributed by atoms with E-state index in [9.17, 15) is 8.78 Å². The van der Waals surface area contributed by atoms with E-state index < -0.39 is 11.6 Å². The van der Waals surface area contributed by atoms with E-state index >= 15 is 0 Å². The highest BCUT2D eigenvalue weighted by Gasteiger charge is 2.04. The van der Waals surface area contributed by atoms with Gasteiger partial charge in [-0.3, -0.25) is 0 Å². The van der Waals surface area contributed by atoms with Crippen LogP contribution in [0.15, 0.2) is 21.1 Å². The summed E-state index contributed by atoms with van der Waals surface area (Å²) in [5, 5.41) is 0. The molecule has 0 aliphatic heterocycles. The monoisotopic (exact) mass is 270 g/mol. The van der Waals surface area contributed by atoms with Gasteiger partial charge in [0.25, 0.3) is 0 Å². The summed E-state index contributed by atoms with van der Waals surface area (Å²) in [6, 6.07) is 2.14. The smallest absolute Gasteiger partial charge is 0.160 e. The predicted octanol–water partition coefficient (Wildman–Crippen LogP) is 3.49.